The molecule has 3 aromatic rings. The normalized spacial score (nSPS) is 36.0. The van der Waals surface area contributed by atoms with E-state index < -0.39 is 233 Å². The molecule has 1 aromatic heterocycles. The number of hydrogen-bond acceptors (Lipinski definition) is 32. The molecular formula is C59H82N12O25S. The number of benzene rings is 2. The zero-order valence-corrected chi connectivity index (χ0v) is 52.7. The average molecular weight is 1390 g/mol. The van der Waals surface area contributed by atoms with Crippen molar-refractivity contribution in [1.29, 1.82) is 0 Å². The summed E-state index contributed by atoms with van der Waals surface area (Å²) in [5.74, 6) is -8.96. The van der Waals surface area contributed by atoms with Crippen molar-refractivity contribution in [2.45, 2.75) is 172 Å². The number of nitrogens with one attached hydrogen (secondary N) is 7. The van der Waals surface area contributed by atoms with Gasteiger partial charge in [-0.3, -0.25) is 38.8 Å². The monoisotopic (exact) mass is 1390 g/mol. The molecule has 6 aliphatic heterocycles. The molecule has 24 N–H and O–H groups in total. The lowest BCUT2D eigenvalue weighted by molar-refractivity contribution is -0.353. The number of aliphatic hydroxyl groups excluding tert-OH is 13. The van der Waals surface area contributed by atoms with Crippen molar-refractivity contribution in [3.63, 3.8) is 0 Å². The van der Waals surface area contributed by atoms with E-state index >= 15 is 9.59 Å². The van der Waals surface area contributed by atoms with Crippen LogP contribution in [0.2, 0.25) is 0 Å². The van der Waals surface area contributed by atoms with Crippen molar-refractivity contribution < 1.29 is 124 Å². The van der Waals surface area contributed by atoms with Gasteiger partial charge in [0.2, 0.25) is 41.7 Å². The molecule has 6 aliphatic rings. The predicted octanol–water partition coefficient (Wildman–Crippen LogP) is -11.3. The zero-order valence-electron chi connectivity index (χ0n) is 51.8. The highest BCUT2D eigenvalue weighted by Gasteiger charge is 2.54. The molecule has 37 nitrogen and oxygen atoms in total. The van der Waals surface area contributed by atoms with Crippen LogP contribution in [0.4, 0.5) is 0 Å². The Morgan fingerprint density at radius 3 is 1.90 bits per heavy atom. The first-order valence-electron chi connectivity index (χ1n) is 30.9. The molecular weight excluding hydrogens is 1310 g/mol. The van der Waals surface area contributed by atoms with Gasteiger partial charge in [-0.1, -0.05) is 55.5 Å². The maximum atomic E-state index is 15.2. The summed E-state index contributed by atoms with van der Waals surface area (Å²) in [6.07, 6.45) is -31.2. The quantitative estimate of drug-likeness (QED) is 0.0499. The number of carbonyl (C=O) groups is 6. The second-order valence-corrected chi connectivity index (χ2v) is 25.0. The topological polar surface area (TPSA) is 585 Å². The molecule has 0 aliphatic carbocycles. The molecule has 4 fully saturated rings. The molecule has 97 heavy (non-hydrogen) atoms. The number of carbonyl (C=O) groups excluding carboxylic acids is 6. The Morgan fingerprint density at radius 2 is 1.24 bits per heavy atom. The van der Waals surface area contributed by atoms with E-state index in [0.717, 1.165) is 9.78 Å². The molecule has 0 saturated carbocycles. The summed E-state index contributed by atoms with van der Waals surface area (Å²) in [5.41, 5.74) is 12.9. The van der Waals surface area contributed by atoms with Gasteiger partial charge in [0.15, 0.2) is 24.4 Å². The number of thiophene rings is 1. The molecule has 7 heterocycles. The maximum absolute atomic E-state index is 15.2. The molecule has 6 amide bonds. The van der Waals surface area contributed by atoms with Gasteiger partial charge in [0.1, 0.15) is 121 Å². The second-order valence-electron chi connectivity index (χ2n) is 24.0. The summed E-state index contributed by atoms with van der Waals surface area (Å²) >= 11 is 1.41. The van der Waals surface area contributed by atoms with Gasteiger partial charge in [0.05, 0.1) is 64.8 Å². The number of guanidine groups is 2. The smallest absolute Gasteiger partial charge is 0.246 e. The third-order valence-electron chi connectivity index (χ3n) is 17.4. The fourth-order valence-corrected chi connectivity index (χ4v) is 12.5. The standard InChI is InChI=1S/C59H82N12O25S/c1-23(25-6-3-2-4-7-25)36-52(88)65-28(14-24-9-11-26(12-10-24)92-56-48(85)45(82)49(33(20-74)94-56)96-57-47(84)44(81)42(79)34(95-57)22-91-21-27-8-5-13-97-27)51(87)69-37(39(76)29-15-63-58(60)67-29)54(90)70-38(53(89)66-30(18-72)50(86)62-17-35(75)68-36)40(77)31-16-64-59(61)71(31)55-46(83)43(80)41(78)32(19-73)93-55/h2-13,23,28-34,36-49,55-57,72-74,76-85H,14-22H2,1H3,(H2,61,64)(H,62,86)(H,65,88)(H,66,89)(H,68,75)(H,69,87)(H,70,90)(H3,60,63,67)/t23-,28+,29-,30-,31-,32+,33+,34+,36-,37-,38+,39-,40-,41+,42+,43-,44-,45+,46-,47-,48-,49+,55-,56-,57+/m0/s1. The molecule has 0 radical (unpaired) electrons. The van der Waals surface area contributed by atoms with Gasteiger partial charge in [0.25, 0.3) is 0 Å². The minimum absolute atomic E-state index is 0.0611. The van der Waals surface area contributed by atoms with E-state index in [9.17, 15) is 85.6 Å². The van der Waals surface area contributed by atoms with Crippen LogP contribution in [-0.2, 0) is 65.5 Å². The molecule has 9 rings (SSSR count). The van der Waals surface area contributed by atoms with Crippen LogP contribution >= 0.6 is 11.3 Å². The number of nitrogens with zero attached hydrogens (tertiary/aromatic N) is 3. The Morgan fingerprint density at radius 1 is 0.608 bits per heavy atom. The van der Waals surface area contributed by atoms with E-state index in [4.69, 9.17) is 39.9 Å². The van der Waals surface area contributed by atoms with Crippen LogP contribution in [0.5, 0.6) is 5.75 Å². The molecule has 534 valence electrons. The fraction of sp³-hybridized carbons (Fsp3) is 0.593. The number of ether oxygens (including phenoxy) is 6. The van der Waals surface area contributed by atoms with E-state index in [1.807, 2.05) is 17.5 Å². The first-order valence-corrected chi connectivity index (χ1v) is 31.8. The average Bonchev–Trinajstić information content (AvgIpc) is 1.76. The highest BCUT2D eigenvalue weighted by Crippen LogP contribution is 2.33. The Bertz CT molecular complexity index is 3220. The summed E-state index contributed by atoms with van der Waals surface area (Å²) < 4.78 is 34.7. The molecule has 2 aromatic carbocycles. The maximum Gasteiger partial charge on any atom is 0.246 e. The third-order valence-corrected chi connectivity index (χ3v) is 18.3. The van der Waals surface area contributed by atoms with Crippen LogP contribution in [-0.4, -0.2) is 311 Å². The van der Waals surface area contributed by atoms with Crippen molar-refractivity contribution in [1.82, 2.24) is 42.1 Å². The third kappa shape index (κ3) is 17.2. The van der Waals surface area contributed by atoms with Crippen molar-refractivity contribution in [3.8, 4) is 5.75 Å². The highest BCUT2D eigenvalue weighted by atomic mass is 32.1. The Labute approximate surface area is 556 Å². The van der Waals surface area contributed by atoms with E-state index in [1.165, 1.54) is 35.6 Å². The number of aliphatic hydroxyl groups is 13. The van der Waals surface area contributed by atoms with Gasteiger partial charge < -0.3 is 148 Å². The molecule has 38 heteroatoms. The lowest BCUT2D eigenvalue weighted by Gasteiger charge is -2.46. The molecule has 4 saturated heterocycles. The predicted molar refractivity (Wildman–Crippen MR) is 330 cm³/mol. The van der Waals surface area contributed by atoms with Gasteiger partial charge in [-0.05, 0) is 34.7 Å². The number of hydrogen-bond donors (Lipinski definition) is 22. The van der Waals surface area contributed by atoms with Crippen molar-refractivity contribution in [2.24, 2.45) is 21.5 Å². The first kappa shape index (κ1) is 73.8. The number of nitrogens with two attached hydrogens (primary N) is 2. The summed E-state index contributed by atoms with van der Waals surface area (Å²) in [6, 6.07) is 4.54. The van der Waals surface area contributed by atoms with Gasteiger partial charge >= 0.3 is 0 Å². The van der Waals surface area contributed by atoms with Crippen LogP contribution < -0.4 is 53.4 Å². The van der Waals surface area contributed by atoms with E-state index in [-0.39, 0.29) is 37.0 Å². The minimum Gasteiger partial charge on any atom is -0.462 e. The van der Waals surface area contributed by atoms with E-state index in [0.29, 0.717) is 5.56 Å². The van der Waals surface area contributed by atoms with Crippen LogP contribution in [0.25, 0.3) is 0 Å². The number of aliphatic imine (C=N–C) groups is 2. The van der Waals surface area contributed by atoms with Crippen LogP contribution in [0.1, 0.15) is 28.8 Å². The van der Waals surface area contributed by atoms with E-state index in [1.54, 1.807) is 37.3 Å². The van der Waals surface area contributed by atoms with Gasteiger partial charge in [0, 0.05) is 17.2 Å². The number of rotatable bonds is 20. The van der Waals surface area contributed by atoms with Gasteiger partial charge in [-0.15, -0.1) is 11.3 Å². The summed E-state index contributed by atoms with van der Waals surface area (Å²) in [5, 5.41) is 162. The van der Waals surface area contributed by atoms with Crippen molar-refractivity contribution in [2.75, 3.05) is 46.1 Å². The van der Waals surface area contributed by atoms with Crippen molar-refractivity contribution in [3.05, 3.63) is 88.1 Å². The molecule has 0 spiro atoms. The largest absolute Gasteiger partial charge is 0.462 e. The van der Waals surface area contributed by atoms with Crippen LogP contribution in [0, 0.1) is 0 Å². The van der Waals surface area contributed by atoms with Gasteiger partial charge in [-0.2, -0.15) is 0 Å². The molecule has 0 unspecified atom stereocenters. The Kier molecular flexibility index (Phi) is 25.1. The summed E-state index contributed by atoms with van der Waals surface area (Å²) in [6.45, 7) is -3.25. The molecule has 25 atom stereocenters. The SMILES string of the molecule is C[C@@H](c1ccccc1)[C@@H]1NC(=O)CNC(=O)[C@H](CO)NC(=O)[C@@H]([C@@H](O)[C@@H]2CN=C(N)N2[C@H]2O[C@H](CO)[C@@H](O)[C@H](O)[C@@H]2O)NC(=O)[C@H]([C@@H](O)[C@@H]2CN=C(N)N2)NC(=O)[C@@H](Cc2ccc(O[C@H]3O[C@H](CO)[C@@H](O[C@H]4O[C@H](COCc5cccs5)[C@@H](O)[C@H](O)[C@@H]4O)[C@H](O)[C@@H]3O)cc2)NC1=O. The van der Waals surface area contributed by atoms with Gasteiger partial charge in [-0.25, -0.2) is 0 Å². The highest BCUT2D eigenvalue weighted by molar-refractivity contribution is 7.09. The lowest BCUT2D eigenvalue weighted by Crippen LogP contribution is -2.70. The minimum atomic E-state index is -2.35. The van der Waals surface area contributed by atoms with Crippen LogP contribution in [0.3, 0.4) is 0 Å². The lowest BCUT2D eigenvalue weighted by atomic mass is 9.92. The fourth-order valence-electron chi connectivity index (χ4n) is 11.9. The Hall–Kier alpha value is -7.42. The van der Waals surface area contributed by atoms with Crippen LogP contribution in [0.15, 0.2) is 82.1 Å². The second kappa shape index (κ2) is 33.0. The van der Waals surface area contributed by atoms with E-state index in [2.05, 4.69) is 47.2 Å². The number of amides is 6. The first-order chi connectivity index (χ1) is 46.3. The summed E-state index contributed by atoms with van der Waals surface area (Å²) in [7, 11) is 0. The Balaban J connectivity index is 0.989. The summed E-state index contributed by atoms with van der Waals surface area (Å²) in [4.78, 5) is 97.2. The van der Waals surface area contributed by atoms with Crippen molar-refractivity contribution >= 4 is 58.7 Å². The molecule has 0 bridgehead atoms. The zero-order chi connectivity index (χ0) is 70.1.